The van der Waals surface area contributed by atoms with E-state index < -0.39 is 11.3 Å². The maximum absolute atomic E-state index is 11.5. The molecular formula is C12H16N3O2. The molecule has 5 heteroatoms. The lowest BCUT2D eigenvalue weighted by Crippen LogP contribution is -2.37. The molecular weight excluding hydrogens is 218 g/mol. The predicted molar refractivity (Wildman–Crippen MR) is 63.4 cm³/mol. The Morgan fingerprint density at radius 1 is 1.53 bits per heavy atom. The summed E-state index contributed by atoms with van der Waals surface area (Å²) in [5.41, 5.74) is 5.11. The minimum absolute atomic E-state index is 0.322. The fourth-order valence-electron chi connectivity index (χ4n) is 1.14. The number of rotatable bonds is 5. The van der Waals surface area contributed by atoms with Crippen LogP contribution in [0.15, 0.2) is 24.5 Å². The van der Waals surface area contributed by atoms with Gasteiger partial charge in [0, 0.05) is 18.9 Å². The molecule has 0 saturated carbocycles. The van der Waals surface area contributed by atoms with Gasteiger partial charge in [-0.3, -0.25) is 14.6 Å². The Morgan fingerprint density at radius 3 is 2.76 bits per heavy atom. The van der Waals surface area contributed by atoms with Gasteiger partial charge < -0.3 is 11.1 Å². The van der Waals surface area contributed by atoms with Gasteiger partial charge in [0.15, 0.2) is 0 Å². The molecule has 91 valence electrons. The predicted octanol–water partition coefficient (Wildman–Crippen LogP) is 0.414. The number of carbonyl (C=O) groups excluding carboxylic acids is 2. The van der Waals surface area contributed by atoms with Gasteiger partial charge in [0.1, 0.15) is 0 Å². The minimum atomic E-state index is -0.945. The van der Waals surface area contributed by atoms with Crippen LogP contribution in [0.3, 0.4) is 0 Å². The SMILES string of the molecule is CC(C)([CH]C(=O)NCc1cccnc1)C(N)=O. The van der Waals surface area contributed by atoms with Crippen molar-refractivity contribution < 1.29 is 9.59 Å². The summed E-state index contributed by atoms with van der Waals surface area (Å²) in [6.07, 6.45) is 4.61. The lowest BCUT2D eigenvalue weighted by Gasteiger charge is -2.18. The third-order valence-electron chi connectivity index (χ3n) is 2.32. The van der Waals surface area contributed by atoms with Crippen LogP contribution in [0.25, 0.3) is 0 Å². The molecule has 3 N–H and O–H groups in total. The van der Waals surface area contributed by atoms with Crippen LogP contribution < -0.4 is 11.1 Å². The van der Waals surface area contributed by atoms with Gasteiger partial charge in [-0.15, -0.1) is 0 Å². The maximum atomic E-state index is 11.5. The van der Waals surface area contributed by atoms with Crippen LogP contribution in [0, 0.1) is 11.8 Å². The number of amides is 2. The first-order valence-corrected chi connectivity index (χ1v) is 5.24. The first kappa shape index (κ1) is 13.2. The van der Waals surface area contributed by atoms with E-state index in [0.717, 1.165) is 5.56 Å². The highest BCUT2D eigenvalue weighted by molar-refractivity contribution is 5.94. The van der Waals surface area contributed by atoms with Crippen LogP contribution in [-0.2, 0) is 16.1 Å². The van der Waals surface area contributed by atoms with Crippen molar-refractivity contribution >= 4 is 11.8 Å². The number of primary amides is 1. The molecule has 17 heavy (non-hydrogen) atoms. The van der Waals surface area contributed by atoms with Crippen molar-refractivity contribution in [2.45, 2.75) is 20.4 Å². The molecule has 0 atom stereocenters. The molecule has 5 nitrogen and oxygen atoms in total. The standard InChI is InChI=1S/C12H16N3O2/c1-12(2,11(13)17)6-10(16)15-8-9-4-3-5-14-7-9/h3-7H,8H2,1-2H3,(H2,13,17)(H,15,16). The average molecular weight is 234 g/mol. The molecule has 0 fully saturated rings. The van der Waals surface area contributed by atoms with Crippen molar-refractivity contribution in [3.05, 3.63) is 36.5 Å². The lowest BCUT2D eigenvalue weighted by molar-refractivity contribution is -0.128. The van der Waals surface area contributed by atoms with Gasteiger partial charge in [-0.05, 0) is 11.6 Å². The van der Waals surface area contributed by atoms with E-state index in [4.69, 9.17) is 5.73 Å². The van der Waals surface area contributed by atoms with Crippen LogP contribution in [0.2, 0.25) is 0 Å². The molecule has 1 radical (unpaired) electrons. The Balaban J connectivity index is 2.44. The Labute approximate surface area is 100 Å². The number of carbonyl (C=O) groups is 2. The van der Waals surface area contributed by atoms with Crippen LogP contribution >= 0.6 is 0 Å². The fourth-order valence-corrected chi connectivity index (χ4v) is 1.14. The highest BCUT2D eigenvalue weighted by atomic mass is 16.2. The van der Waals surface area contributed by atoms with Crippen molar-refractivity contribution in [2.24, 2.45) is 11.1 Å². The van der Waals surface area contributed by atoms with Gasteiger partial charge in [-0.1, -0.05) is 19.9 Å². The molecule has 1 heterocycles. The van der Waals surface area contributed by atoms with E-state index in [1.807, 2.05) is 6.07 Å². The number of nitrogens with two attached hydrogens (primary N) is 1. The summed E-state index contributed by atoms with van der Waals surface area (Å²) in [6.45, 7) is 3.57. The van der Waals surface area contributed by atoms with E-state index in [2.05, 4.69) is 10.3 Å². The van der Waals surface area contributed by atoms with Gasteiger partial charge in [-0.25, -0.2) is 0 Å². The normalized spacial score (nSPS) is 10.9. The topological polar surface area (TPSA) is 85.1 Å². The van der Waals surface area contributed by atoms with Gasteiger partial charge in [0.2, 0.25) is 11.8 Å². The zero-order valence-electron chi connectivity index (χ0n) is 9.93. The molecule has 0 spiro atoms. The number of pyridine rings is 1. The van der Waals surface area contributed by atoms with Gasteiger partial charge in [-0.2, -0.15) is 0 Å². The second kappa shape index (κ2) is 5.43. The molecule has 0 aromatic carbocycles. The smallest absolute Gasteiger partial charge is 0.225 e. The summed E-state index contributed by atoms with van der Waals surface area (Å²) in [5.74, 6) is -0.855. The average Bonchev–Trinajstić information content (AvgIpc) is 2.27. The highest BCUT2D eigenvalue weighted by Crippen LogP contribution is 2.17. The molecule has 1 aromatic heterocycles. The summed E-state index contributed by atoms with van der Waals surface area (Å²) < 4.78 is 0. The van der Waals surface area contributed by atoms with Gasteiger partial charge in [0.05, 0.1) is 11.8 Å². The second-order valence-electron chi connectivity index (χ2n) is 4.31. The van der Waals surface area contributed by atoms with Crippen LogP contribution in [-0.4, -0.2) is 16.8 Å². The monoisotopic (exact) mass is 234 g/mol. The van der Waals surface area contributed by atoms with Crippen LogP contribution in [0.1, 0.15) is 19.4 Å². The van der Waals surface area contributed by atoms with Crippen LogP contribution in [0.4, 0.5) is 0 Å². The molecule has 1 rings (SSSR count). The minimum Gasteiger partial charge on any atom is -0.369 e. The Bertz CT molecular complexity index is 401. The van der Waals surface area contributed by atoms with E-state index >= 15 is 0 Å². The number of hydrogen-bond acceptors (Lipinski definition) is 3. The highest BCUT2D eigenvalue weighted by Gasteiger charge is 2.28. The number of aromatic nitrogens is 1. The third-order valence-corrected chi connectivity index (χ3v) is 2.32. The maximum Gasteiger partial charge on any atom is 0.225 e. The van der Waals surface area contributed by atoms with Gasteiger partial charge >= 0.3 is 0 Å². The van der Waals surface area contributed by atoms with Crippen molar-refractivity contribution in [3.8, 4) is 0 Å². The first-order chi connectivity index (χ1) is 7.92. The van der Waals surface area contributed by atoms with E-state index in [1.54, 1.807) is 32.3 Å². The zero-order valence-corrected chi connectivity index (χ0v) is 9.93. The summed E-state index contributed by atoms with van der Waals surface area (Å²) in [7, 11) is 0. The fraction of sp³-hybridized carbons (Fsp3) is 0.333. The van der Waals surface area contributed by atoms with Gasteiger partial charge in [0.25, 0.3) is 0 Å². The quantitative estimate of drug-likeness (QED) is 0.774. The summed E-state index contributed by atoms with van der Waals surface area (Å²) >= 11 is 0. The molecule has 0 aliphatic carbocycles. The molecule has 0 saturated heterocycles. The number of hydrogen-bond donors (Lipinski definition) is 2. The van der Waals surface area contributed by atoms with E-state index in [0.29, 0.717) is 6.54 Å². The first-order valence-electron chi connectivity index (χ1n) is 5.24. The van der Waals surface area contributed by atoms with E-state index in [1.165, 1.54) is 6.42 Å². The zero-order chi connectivity index (χ0) is 12.9. The molecule has 0 aliphatic rings. The molecule has 1 aromatic rings. The number of nitrogens with one attached hydrogen (secondary N) is 1. The van der Waals surface area contributed by atoms with Crippen molar-refractivity contribution in [3.63, 3.8) is 0 Å². The van der Waals surface area contributed by atoms with E-state index in [-0.39, 0.29) is 5.91 Å². The summed E-state index contributed by atoms with van der Waals surface area (Å²) in [4.78, 5) is 26.5. The molecule has 2 amide bonds. The number of nitrogens with zero attached hydrogens (tertiary/aromatic N) is 1. The molecule has 0 aliphatic heterocycles. The Morgan fingerprint density at radius 2 is 2.24 bits per heavy atom. The summed E-state index contributed by atoms with van der Waals surface area (Å²) in [6, 6.07) is 3.64. The van der Waals surface area contributed by atoms with E-state index in [9.17, 15) is 9.59 Å². The van der Waals surface area contributed by atoms with Crippen molar-refractivity contribution in [2.75, 3.05) is 0 Å². The Hall–Kier alpha value is -1.91. The van der Waals surface area contributed by atoms with Crippen molar-refractivity contribution in [1.29, 1.82) is 0 Å². The molecule has 0 bridgehead atoms. The Kier molecular flexibility index (Phi) is 4.20. The lowest BCUT2D eigenvalue weighted by atomic mass is 9.88. The summed E-state index contributed by atoms with van der Waals surface area (Å²) in [5, 5.41) is 2.67. The molecule has 0 unspecified atom stereocenters. The largest absolute Gasteiger partial charge is 0.369 e. The van der Waals surface area contributed by atoms with Crippen LogP contribution in [0.5, 0.6) is 0 Å². The second-order valence-corrected chi connectivity index (χ2v) is 4.31. The van der Waals surface area contributed by atoms with Crippen molar-refractivity contribution in [1.82, 2.24) is 10.3 Å². The third kappa shape index (κ3) is 4.22.